The molecule has 1 aromatic heterocycles. The summed E-state index contributed by atoms with van der Waals surface area (Å²) >= 11 is 0. The summed E-state index contributed by atoms with van der Waals surface area (Å²) in [5.41, 5.74) is 2.85. The van der Waals surface area contributed by atoms with Gasteiger partial charge in [-0.05, 0) is 61.4 Å². The maximum Gasteiger partial charge on any atom is 0.254 e. The van der Waals surface area contributed by atoms with Gasteiger partial charge in [0.25, 0.3) is 5.91 Å². The van der Waals surface area contributed by atoms with E-state index < -0.39 is 5.54 Å². The zero-order valence-electron chi connectivity index (χ0n) is 18.2. The lowest BCUT2D eigenvalue weighted by atomic mass is 9.70. The van der Waals surface area contributed by atoms with Crippen molar-refractivity contribution in [2.45, 2.75) is 63.5 Å². The molecule has 5 heteroatoms. The normalized spacial score (nSPS) is 20.8. The molecule has 31 heavy (non-hydrogen) atoms. The van der Waals surface area contributed by atoms with Crippen LogP contribution in [0.15, 0.2) is 54.7 Å². The quantitative estimate of drug-likeness (QED) is 0.594. The fourth-order valence-corrected chi connectivity index (χ4v) is 5.77. The Kier molecular flexibility index (Phi) is 4.84. The molecule has 2 heterocycles. The van der Waals surface area contributed by atoms with Crippen molar-refractivity contribution in [1.29, 1.82) is 0 Å². The first-order valence-corrected chi connectivity index (χ1v) is 11.4. The van der Waals surface area contributed by atoms with Gasteiger partial charge in [0.1, 0.15) is 0 Å². The molecule has 2 aliphatic rings. The summed E-state index contributed by atoms with van der Waals surface area (Å²) in [7, 11) is 0. The molecule has 5 nitrogen and oxygen atoms in total. The van der Waals surface area contributed by atoms with Crippen LogP contribution in [0, 0.1) is 0 Å². The van der Waals surface area contributed by atoms with Crippen LogP contribution in [-0.4, -0.2) is 33.3 Å². The molecule has 1 spiro atoms. The number of hydrogen-bond donors (Lipinski definition) is 2. The summed E-state index contributed by atoms with van der Waals surface area (Å²) in [4.78, 5) is 32.7. The summed E-state index contributed by atoms with van der Waals surface area (Å²) in [6.45, 7) is 4.22. The molecule has 1 fully saturated rings. The molecule has 2 aromatic carbocycles. The number of nitrogens with one attached hydrogen (secondary N) is 2. The Balaban J connectivity index is 1.60. The highest BCUT2D eigenvalue weighted by molar-refractivity contribution is 6.05. The number of H-pyrrole nitrogens is 1. The number of aromatic nitrogens is 1. The van der Waals surface area contributed by atoms with Gasteiger partial charge in [0.15, 0.2) is 0 Å². The Morgan fingerprint density at radius 3 is 2.74 bits per heavy atom. The largest absolute Gasteiger partial charge is 0.361 e. The smallest absolute Gasteiger partial charge is 0.254 e. The molecule has 5 rings (SSSR count). The van der Waals surface area contributed by atoms with E-state index in [-0.39, 0.29) is 23.8 Å². The lowest BCUT2D eigenvalue weighted by molar-refractivity contribution is -0.121. The molecular formula is C26H29N3O2. The van der Waals surface area contributed by atoms with Gasteiger partial charge in [-0.1, -0.05) is 44.0 Å². The van der Waals surface area contributed by atoms with Gasteiger partial charge < -0.3 is 15.2 Å². The topological polar surface area (TPSA) is 65.2 Å². The number of hydrogen-bond acceptors (Lipinski definition) is 2. The second-order valence-corrected chi connectivity index (χ2v) is 9.03. The molecule has 1 aliphatic carbocycles. The lowest BCUT2D eigenvalue weighted by Gasteiger charge is -2.52. The van der Waals surface area contributed by atoms with Crippen LogP contribution in [0.1, 0.15) is 67.8 Å². The molecular weight excluding hydrogens is 386 g/mol. The maximum atomic E-state index is 13.9. The van der Waals surface area contributed by atoms with Crippen LogP contribution in [0.2, 0.25) is 0 Å². The third-order valence-corrected chi connectivity index (χ3v) is 7.32. The van der Waals surface area contributed by atoms with Crippen molar-refractivity contribution in [2.75, 3.05) is 5.32 Å². The Morgan fingerprint density at radius 2 is 1.97 bits per heavy atom. The zero-order valence-corrected chi connectivity index (χ0v) is 18.2. The van der Waals surface area contributed by atoms with Gasteiger partial charge in [0.2, 0.25) is 5.91 Å². The van der Waals surface area contributed by atoms with E-state index in [1.54, 1.807) is 0 Å². The highest BCUT2D eigenvalue weighted by Crippen LogP contribution is 2.51. The summed E-state index contributed by atoms with van der Waals surface area (Å²) in [5, 5.41) is 4.29. The molecule has 0 radical (unpaired) electrons. The number of carbonyl (C=O) groups is 2. The minimum absolute atomic E-state index is 0.0268. The van der Waals surface area contributed by atoms with Crippen molar-refractivity contribution < 1.29 is 9.59 Å². The first kappa shape index (κ1) is 19.9. The lowest BCUT2D eigenvalue weighted by Crippen LogP contribution is -2.62. The number of rotatable bonds is 4. The van der Waals surface area contributed by atoms with Gasteiger partial charge in [-0.15, -0.1) is 0 Å². The van der Waals surface area contributed by atoms with E-state index in [0.717, 1.165) is 54.3 Å². The minimum atomic E-state index is -0.457. The van der Waals surface area contributed by atoms with Gasteiger partial charge in [-0.3, -0.25) is 9.59 Å². The van der Waals surface area contributed by atoms with Gasteiger partial charge in [0.05, 0.1) is 11.5 Å². The second kappa shape index (κ2) is 7.56. The summed E-state index contributed by atoms with van der Waals surface area (Å²) in [6, 6.07) is 15.7. The number of amides is 2. The highest BCUT2D eigenvalue weighted by Gasteiger charge is 2.56. The Hall–Kier alpha value is -3.08. The third-order valence-electron chi connectivity index (χ3n) is 7.32. The van der Waals surface area contributed by atoms with Crippen LogP contribution in [-0.2, 0) is 4.79 Å². The number of carbonyl (C=O) groups excluding carboxylic acids is 2. The average molecular weight is 416 g/mol. The molecule has 2 atom stereocenters. The Labute approximate surface area is 182 Å². The number of fused-ring (bicyclic) bond motifs is 2. The van der Waals surface area contributed by atoms with E-state index >= 15 is 0 Å². The fourth-order valence-electron chi connectivity index (χ4n) is 5.77. The first-order chi connectivity index (χ1) is 15.0. The number of anilines is 1. The SMILES string of the molecule is CC[C@@H](C)N1C(=O)c2ccccc2[C@H](C(=O)Nc2ccc3cc[nH]c3c2)C12CCCC2. The molecule has 3 aromatic rings. The predicted molar refractivity (Wildman–Crippen MR) is 123 cm³/mol. The average Bonchev–Trinajstić information content (AvgIpc) is 3.43. The van der Waals surface area contributed by atoms with Gasteiger partial charge >= 0.3 is 0 Å². The summed E-state index contributed by atoms with van der Waals surface area (Å²) in [5.74, 6) is -0.331. The number of benzene rings is 2. The fraction of sp³-hybridized carbons (Fsp3) is 0.385. The zero-order chi connectivity index (χ0) is 21.6. The molecule has 1 saturated carbocycles. The van der Waals surface area contributed by atoms with E-state index in [0.29, 0.717) is 5.56 Å². The summed E-state index contributed by atoms with van der Waals surface area (Å²) < 4.78 is 0. The van der Waals surface area contributed by atoms with Crippen LogP contribution in [0.5, 0.6) is 0 Å². The Bertz CT molecular complexity index is 1140. The third kappa shape index (κ3) is 3.06. The van der Waals surface area contributed by atoms with E-state index in [9.17, 15) is 9.59 Å². The van der Waals surface area contributed by atoms with Gasteiger partial charge in [-0.2, -0.15) is 0 Å². The molecule has 2 amide bonds. The van der Waals surface area contributed by atoms with Crippen molar-refractivity contribution in [2.24, 2.45) is 0 Å². The van der Waals surface area contributed by atoms with E-state index in [2.05, 4.69) is 29.0 Å². The first-order valence-electron chi connectivity index (χ1n) is 11.4. The number of aromatic amines is 1. The predicted octanol–water partition coefficient (Wildman–Crippen LogP) is 5.46. The summed E-state index contributed by atoms with van der Waals surface area (Å²) in [6.07, 6.45) is 6.59. The minimum Gasteiger partial charge on any atom is -0.361 e. The van der Waals surface area contributed by atoms with Crippen LogP contribution in [0.25, 0.3) is 10.9 Å². The van der Waals surface area contributed by atoms with Gasteiger partial charge in [0, 0.05) is 29.0 Å². The standard InChI is InChI=1S/C26H29N3O2/c1-3-17(2)29-25(31)21-9-5-4-8-20(21)23(26(29)13-6-7-14-26)24(30)28-19-11-10-18-12-15-27-22(18)16-19/h4-5,8-12,15-17,23,27H,3,6-7,13-14H2,1-2H3,(H,28,30)/t17-,23-/m1/s1. The van der Waals surface area contributed by atoms with E-state index in [1.807, 2.05) is 54.7 Å². The second-order valence-electron chi connectivity index (χ2n) is 9.03. The van der Waals surface area contributed by atoms with E-state index in [1.165, 1.54) is 0 Å². The highest BCUT2D eigenvalue weighted by atomic mass is 16.2. The molecule has 0 bridgehead atoms. The monoisotopic (exact) mass is 415 g/mol. The molecule has 0 unspecified atom stereocenters. The van der Waals surface area contributed by atoms with E-state index in [4.69, 9.17) is 0 Å². The van der Waals surface area contributed by atoms with Gasteiger partial charge in [-0.25, -0.2) is 0 Å². The molecule has 0 saturated heterocycles. The Morgan fingerprint density at radius 1 is 1.19 bits per heavy atom. The maximum absolute atomic E-state index is 13.9. The van der Waals surface area contributed by atoms with Crippen molar-refractivity contribution in [3.63, 3.8) is 0 Å². The van der Waals surface area contributed by atoms with Crippen molar-refractivity contribution >= 4 is 28.4 Å². The molecule has 160 valence electrons. The van der Waals surface area contributed by atoms with Crippen LogP contribution >= 0.6 is 0 Å². The van der Waals surface area contributed by atoms with Crippen molar-refractivity contribution in [3.8, 4) is 0 Å². The van der Waals surface area contributed by atoms with Crippen molar-refractivity contribution in [1.82, 2.24) is 9.88 Å². The van der Waals surface area contributed by atoms with Crippen LogP contribution < -0.4 is 5.32 Å². The number of nitrogens with zero attached hydrogens (tertiary/aromatic N) is 1. The van der Waals surface area contributed by atoms with Crippen LogP contribution in [0.3, 0.4) is 0 Å². The molecule has 1 aliphatic heterocycles. The van der Waals surface area contributed by atoms with Crippen molar-refractivity contribution in [3.05, 3.63) is 65.9 Å². The van der Waals surface area contributed by atoms with Crippen LogP contribution in [0.4, 0.5) is 5.69 Å². The molecule has 2 N–H and O–H groups in total.